The summed E-state index contributed by atoms with van der Waals surface area (Å²) >= 11 is 0. The Morgan fingerprint density at radius 2 is 1.40 bits per heavy atom. The molecule has 8 rings (SSSR count). The predicted molar refractivity (Wildman–Crippen MR) is 251 cm³/mol. The number of fused-ring (bicyclic) bond motifs is 5. The molecule has 414 valence electrons. The minimum absolute atomic E-state index is 0.0284. The summed E-state index contributed by atoms with van der Waals surface area (Å²) in [6.07, 6.45) is -20.1. The number of rotatable bonds is 15. The summed E-state index contributed by atoms with van der Waals surface area (Å²) in [5.74, 6) is -2.19. The first-order chi connectivity index (χ1) is 34.5. The van der Waals surface area contributed by atoms with Crippen LogP contribution >= 0.6 is 0 Å². The smallest absolute Gasteiger partial charge is 0.338 e. The predicted octanol–water partition coefficient (Wildman–Crippen LogP) is 0.204. The Labute approximate surface area is 425 Å². The van der Waals surface area contributed by atoms with Gasteiger partial charge in [-0.05, 0) is 101 Å². The van der Waals surface area contributed by atoms with Gasteiger partial charge in [-0.25, -0.2) is 4.79 Å². The van der Waals surface area contributed by atoms with Gasteiger partial charge in [0.25, 0.3) is 0 Å². The van der Waals surface area contributed by atoms with Crippen molar-refractivity contribution in [3.63, 3.8) is 0 Å². The molecule has 10 N–H and O–H groups in total. The average Bonchev–Trinajstić information content (AvgIpc) is 3.67. The van der Waals surface area contributed by atoms with E-state index in [1.807, 2.05) is 27.7 Å². The maximum absolute atomic E-state index is 14.0. The van der Waals surface area contributed by atoms with Crippen molar-refractivity contribution < 1.29 is 103 Å². The number of benzene rings is 1. The van der Waals surface area contributed by atoms with Crippen molar-refractivity contribution >= 4 is 11.9 Å². The fourth-order valence-electron chi connectivity index (χ4n) is 14.0. The fraction of sp³-hybridized carbons (Fsp3) is 0.846. The number of aliphatic hydroxyl groups is 10. The monoisotopic (exact) mass is 1040 g/mol. The van der Waals surface area contributed by atoms with E-state index in [-0.39, 0.29) is 37.1 Å². The van der Waals surface area contributed by atoms with Crippen molar-refractivity contribution in [1.29, 1.82) is 0 Å². The molecule has 21 heteroatoms. The second-order valence-corrected chi connectivity index (χ2v) is 22.5. The highest BCUT2D eigenvalue weighted by atomic mass is 16.8. The van der Waals surface area contributed by atoms with Gasteiger partial charge in [0.2, 0.25) is 0 Å². The maximum Gasteiger partial charge on any atom is 0.338 e. The summed E-state index contributed by atoms with van der Waals surface area (Å²) in [4.78, 5) is 27.1. The first-order valence-corrected chi connectivity index (χ1v) is 26.2. The fourth-order valence-corrected chi connectivity index (χ4v) is 14.0. The third-order valence-electron chi connectivity index (χ3n) is 18.8. The van der Waals surface area contributed by atoms with Crippen LogP contribution in [0.5, 0.6) is 0 Å². The van der Waals surface area contributed by atoms with Crippen LogP contribution in [0.2, 0.25) is 0 Å². The third kappa shape index (κ3) is 9.93. The number of hydrogen-bond donors (Lipinski definition) is 10. The summed E-state index contributed by atoms with van der Waals surface area (Å²) in [5, 5.41) is 111. The second kappa shape index (κ2) is 22.1. The van der Waals surface area contributed by atoms with Gasteiger partial charge in [0.15, 0.2) is 18.9 Å². The Bertz CT molecular complexity index is 2030. The number of methoxy groups -OCH3 is 1. The molecule has 73 heavy (non-hydrogen) atoms. The largest absolute Gasteiger partial charge is 0.462 e. The van der Waals surface area contributed by atoms with Crippen LogP contribution < -0.4 is 0 Å². The van der Waals surface area contributed by atoms with Crippen molar-refractivity contribution in [1.82, 2.24) is 0 Å². The van der Waals surface area contributed by atoms with Crippen LogP contribution in [0.3, 0.4) is 0 Å². The Hall–Kier alpha value is -2.52. The SMILES string of the molecule is CC[C@@H](C)C(=O)O[C@H](C)[C@H]1CC[C@]2(O)[C@]1(C)[C@@H](OC(=O)c1ccccc1)C[C@@H]1[C@]3(C)CC[C@@H](O[C@H]4O[C@@H](C)[C@@H](O[C@H]5O[C@@H](CO[C@@H]6O[C@@H](CO)[C@H](O)[C@H](O)[C@H]6O)[C@H](O)[C@H](O)[C@@H]5O)[C@@H](OC)[C@@H]4O)C[C@@H]3CC[C@]12O. The zero-order chi connectivity index (χ0) is 53.1. The molecule has 4 saturated carbocycles. The standard InChI is InChI=1S/C52H80O21/c1-8-24(2)44(61)67-25(3)30-16-19-52(64)50(30,6)34(72-45(62)27-12-10-9-11-13-27)21-33-49(5)17-15-29(20-28(49)14-18-51(33,52)63)69-48-41(60)43(65-7)42(26(4)68-48)73-47-40(59)38(57)36(55)32(71-47)23-66-46-39(58)37(56)35(54)31(22-53)70-46/h9-13,24-26,28-43,46-48,53-60,63-64H,8,14-23H2,1-7H3/t24-,25-,26+,28+,29-,30-,31+,32+,33-,34+,35+,36+,37+,38+,39-,40+,41+,42-,43+,46-,47-,48-,49-,50+,51+,52+/m1/s1. The average molecular weight is 1040 g/mol. The quantitative estimate of drug-likeness (QED) is 0.0829. The van der Waals surface area contributed by atoms with Gasteiger partial charge in [0.1, 0.15) is 85.0 Å². The Balaban J connectivity index is 0.944. The first kappa shape index (κ1) is 56.7. The number of aliphatic hydroxyl groups excluding tert-OH is 8. The molecule has 3 heterocycles. The van der Waals surface area contributed by atoms with Gasteiger partial charge in [-0.15, -0.1) is 0 Å². The molecule has 7 fully saturated rings. The van der Waals surface area contributed by atoms with Crippen LogP contribution in [-0.2, 0) is 47.4 Å². The highest BCUT2D eigenvalue weighted by Crippen LogP contribution is 2.71. The van der Waals surface area contributed by atoms with Gasteiger partial charge in [0.05, 0.1) is 42.5 Å². The van der Waals surface area contributed by atoms with Crippen molar-refractivity contribution in [3.05, 3.63) is 35.9 Å². The zero-order valence-corrected chi connectivity index (χ0v) is 42.8. The molecule has 0 bridgehead atoms. The zero-order valence-electron chi connectivity index (χ0n) is 42.8. The molecular weight excluding hydrogens is 961 g/mol. The van der Waals surface area contributed by atoms with Gasteiger partial charge in [-0.1, -0.05) is 45.9 Å². The molecule has 0 amide bonds. The van der Waals surface area contributed by atoms with E-state index in [2.05, 4.69) is 6.92 Å². The van der Waals surface area contributed by atoms with E-state index in [9.17, 15) is 60.7 Å². The molecule has 1 aromatic rings. The minimum Gasteiger partial charge on any atom is -0.462 e. The van der Waals surface area contributed by atoms with Crippen LogP contribution in [-0.4, -0.2) is 205 Å². The van der Waals surface area contributed by atoms with Crippen LogP contribution in [0.25, 0.3) is 0 Å². The van der Waals surface area contributed by atoms with Gasteiger partial charge in [-0.2, -0.15) is 0 Å². The summed E-state index contributed by atoms with van der Waals surface area (Å²) in [6.45, 7) is 9.93. The van der Waals surface area contributed by atoms with Gasteiger partial charge in [0, 0.05) is 18.4 Å². The summed E-state index contributed by atoms with van der Waals surface area (Å²) in [6, 6.07) is 8.65. The van der Waals surface area contributed by atoms with Crippen molar-refractivity contribution in [2.24, 2.45) is 34.5 Å². The van der Waals surface area contributed by atoms with E-state index in [4.69, 9.17) is 42.6 Å². The summed E-state index contributed by atoms with van der Waals surface area (Å²) in [7, 11) is 1.35. The summed E-state index contributed by atoms with van der Waals surface area (Å²) in [5.41, 5.74) is -4.69. The highest BCUT2D eigenvalue weighted by Gasteiger charge is 2.78. The second-order valence-electron chi connectivity index (χ2n) is 22.5. The van der Waals surface area contributed by atoms with E-state index in [0.717, 1.165) is 0 Å². The van der Waals surface area contributed by atoms with Crippen LogP contribution in [0, 0.1) is 34.5 Å². The normalized spacial score (nSPS) is 48.6. The van der Waals surface area contributed by atoms with Crippen LogP contribution in [0.1, 0.15) is 110 Å². The summed E-state index contributed by atoms with van der Waals surface area (Å²) < 4.78 is 54.1. The van der Waals surface area contributed by atoms with Crippen molar-refractivity contribution in [2.75, 3.05) is 20.3 Å². The number of carbonyl (C=O) groups is 2. The Kier molecular flexibility index (Phi) is 17.1. The lowest BCUT2D eigenvalue weighted by atomic mass is 9.40. The lowest BCUT2D eigenvalue weighted by molar-refractivity contribution is -0.368. The molecule has 21 nitrogen and oxygen atoms in total. The van der Waals surface area contributed by atoms with Gasteiger partial charge >= 0.3 is 11.9 Å². The van der Waals surface area contributed by atoms with E-state index < -0.39 is 163 Å². The molecular formula is C52H80O21. The van der Waals surface area contributed by atoms with E-state index in [1.54, 1.807) is 37.3 Å². The van der Waals surface area contributed by atoms with Crippen LogP contribution in [0.15, 0.2) is 30.3 Å². The number of ether oxygens (including phenoxy) is 9. The van der Waals surface area contributed by atoms with Crippen LogP contribution in [0.4, 0.5) is 0 Å². The first-order valence-electron chi connectivity index (χ1n) is 26.2. The number of hydrogen-bond acceptors (Lipinski definition) is 21. The molecule has 4 aliphatic carbocycles. The minimum atomic E-state index is -1.82. The highest BCUT2D eigenvalue weighted by molar-refractivity contribution is 5.89. The molecule has 0 spiro atoms. The molecule has 0 radical (unpaired) electrons. The van der Waals surface area contributed by atoms with E-state index in [1.165, 1.54) is 7.11 Å². The molecule has 26 atom stereocenters. The molecule has 0 unspecified atom stereocenters. The van der Waals surface area contributed by atoms with Gasteiger partial charge < -0.3 is 93.7 Å². The van der Waals surface area contributed by atoms with Crippen molar-refractivity contribution in [3.8, 4) is 0 Å². The number of esters is 2. The lowest BCUT2D eigenvalue weighted by Gasteiger charge is -2.68. The molecule has 3 saturated heterocycles. The van der Waals surface area contributed by atoms with E-state index in [0.29, 0.717) is 44.1 Å². The topological polar surface area (TPSA) is 320 Å². The molecule has 0 aromatic heterocycles. The van der Waals surface area contributed by atoms with Gasteiger partial charge in [-0.3, -0.25) is 4.79 Å². The molecule has 3 aliphatic heterocycles. The third-order valence-corrected chi connectivity index (χ3v) is 18.8. The van der Waals surface area contributed by atoms with E-state index >= 15 is 0 Å². The molecule has 1 aromatic carbocycles. The molecule has 7 aliphatic rings. The maximum atomic E-state index is 14.0. The Morgan fingerprint density at radius 1 is 0.753 bits per heavy atom. The number of carbonyl (C=O) groups excluding carboxylic acids is 2. The lowest BCUT2D eigenvalue weighted by Crippen LogP contribution is -2.77. The Morgan fingerprint density at radius 3 is 2.05 bits per heavy atom. The van der Waals surface area contributed by atoms with Crippen molar-refractivity contribution in [2.45, 2.75) is 221 Å².